The van der Waals surface area contributed by atoms with Crippen LogP contribution in [0.25, 0.3) is 0 Å². The van der Waals surface area contributed by atoms with E-state index in [9.17, 15) is 0 Å². The quantitative estimate of drug-likeness (QED) is 0.728. The molecule has 0 unspecified atom stereocenters. The van der Waals surface area contributed by atoms with Gasteiger partial charge in [0.25, 0.3) is 0 Å². The Morgan fingerprint density at radius 2 is 1.87 bits per heavy atom. The van der Waals surface area contributed by atoms with Crippen molar-refractivity contribution in [1.82, 2.24) is 5.32 Å². The number of halogens is 1. The van der Waals surface area contributed by atoms with Gasteiger partial charge in [0, 0.05) is 18.5 Å². The van der Waals surface area contributed by atoms with E-state index < -0.39 is 0 Å². The molecule has 15 heavy (non-hydrogen) atoms. The van der Waals surface area contributed by atoms with Gasteiger partial charge in [0.2, 0.25) is 0 Å². The normalized spacial score (nSPS) is 10.9. The van der Waals surface area contributed by atoms with Crippen LogP contribution in [0.1, 0.15) is 37.8 Å². The summed E-state index contributed by atoms with van der Waals surface area (Å²) >= 11 is 5.80. The summed E-state index contributed by atoms with van der Waals surface area (Å²) in [6, 6.07) is 9.08. The second-order valence-corrected chi connectivity index (χ2v) is 4.12. The Labute approximate surface area is 97.8 Å². The van der Waals surface area contributed by atoms with Crippen LogP contribution in [-0.4, -0.2) is 6.04 Å². The van der Waals surface area contributed by atoms with Crippen LogP contribution in [0.2, 0.25) is 0 Å². The highest BCUT2D eigenvalue weighted by Crippen LogP contribution is 2.08. The summed E-state index contributed by atoms with van der Waals surface area (Å²) in [4.78, 5) is 0. The van der Waals surface area contributed by atoms with Gasteiger partial charge in [0.1, 0.15) is 0 Å². The standard InChI is InChI=1S/C13H20ClN/c1-3-13(4-2)15-10-12-7-5-6-11(8-12)9-14/h5-8,13,15H,3-4,9-10H2,1-2H3. The first-order valence-corrected chi connectivity index (χ1v) is 6.20. The summed E-state index contributed by atoms with van der Waals surface area (Å²) in [7, 11) is 0. The second kappa shape index (κ2) is 6.86. The minimum absolute atomic E-state index is 0.596. The van der Waals surface area contributed by atoms with Gasteiger partial charge in [-0.1, -0.05) is 38.1 Å². The fourth-order valence-corrected chi connectivity index (χ4v) is 1.83. The molecule has 0 atom stereocenters. The molecule has 0 radical (unpaired) electrons. The molecule has 2 heteroatoms. The molecule has 1 rings (SSSR count). The van der Waals surface area contributed by atoms with E-state index in [1.54, 1.807) is 0 Å². The van der Waals surface area contributed by atoms with Crippen molar-refractivity contribution in [3.05, 3.63) is 35.4 Å². The number of nitrogens with one attached hydrogen (secondary N) is 1. The Morgan fingerprint density at radius 1 is 1.20 bits per heavy atom. The highest BCUT2D eigenvalue weighted by molar-refractivity contribution is 6.17. The van der Waals surface area contributed by atoms with Crippen LogP contribution in [0.3, 0.4) is 0 Å². The number of rotatable bonds is 6. The largest absolute Gasteiger partial charge is 0.310 e. The Balaban J connectivity index is 2.49. The first kappa shape index (κ1) is 12.5. The van der Waals surface area contributed by atoms with Crippen LogP contribution in [-0.2, 0) is 12.4 Å². The van der Waals surface area contributed by atoms with E-state index in [1.807, 2.05) is 0 Å². The van der Waals surface area contributed by atoms with E-state index in [4.69, 9.17) is 11.6 Å². The van der Waals surface area contributed by atoms with E-state index in [0.29, 0.717) is 11.9 Å². The fraction of sp³-hybridized carbons (Fsp3) is 0.538. The van der Waals surface area contributed by atoms with E-state index in [-0.39, 0.29) is 0 Å². The van der Waals surface area contributed by atoms with Crippen molar-refractivity contribution >= 4 is 11.6 Å². The average Bonchev–Trinajstić information content (AvgIpc) is 2.31. The van der Waals surface area contributed by atoms with Crippen LogP contribution in [0, 0.1) is 0 Å². The van der Waals surface area contributed by atoms with Crippen LogP contribution >= 0.6 is 11.6 Å². The van der Waals surface area contributed by atoms with Crippen molar-refractivity contribution in [3.8, 4) is 0 Å². The lowest BCUT2D eigenvalue weighted by atomic mass is 10.1. The summed E-state index contributed by atoms with van der Waals surface area (Å²) in [5.74, 6) is 0.596. The molecular formula is C13H20ClN. The van der Waals surface area contributed by atoms with Crippen molar-refractivity contribution < 1.29 is 0 Å². The zero-order valence-electron chi connectivity index (χ0n) is 9.59. The Bertz CT molecular complexity index is 282. The van der Waals surface area contributed by atoms with Gasteiger partial charge in [-0.2, -0.15) is 0 Å². The van der Waals surface area contributed by atoms with Gasteiger partial charge < -0.3 is 5.32 Å². The van der Waals surface area contributed by atoms with Crippen LogP contribution in [0.15, 0.2) is 24.3 Å². The molecule has 0 bridgehead atoms. The maximum atomic E-state index is 5.80. The zero-order valence-corrected chi connectivity index (χ0v) is 10.3. The second-order valence-electron chi connectivity index (χ2n) is 3.85. The molecule has 0 aliphatic heterocycles. The first-order chi connectivity index (χ1) is 7.30. The maximum Gasteiger partial charge on any atom is 0.0474 e. The molecular weight excluding hydrogens is 206 g/mol. The molecule has 0 amide bonds. The van der Waals surface area contributed by atoms with Gasteiger partial charge in [0.15, 0.2) is 0 Å². The minimum Gasteiger partial charge on any atom is -0.310 e. The van der Waals surface area contributed by atoms with Crippen LogP contribution in [0.4, 0.5) is 0 Å². The summed E-state index contributed by atoms with van der Waals surface area (Å²) in [6.45, 7) is 5.38. The van der Waals surface area contributed by atoms with E-state index in [0.717, 1.165) is 6.54 Å². The molecule has 84 valence electrons. The third kappa shape index (κ3) is 4.23. The molecule has 0 aliphatic rings. The monoisotopic (exact) mass is 225 g/mol. The summed E-state index contributed by atoms with van der Waals surface area (Å²) in [6.07, 6.45) is 2.37. The molecule has 1 aromatic carbocycles. The molecule has 0 spiro atoms. The van der Waals surface area contributed by atoms with Crippen molar-refractivity contribution in [2.45, 2.75) is 45.2 Å². The minimum atomic E-state index is 0.596. The lowest BCUT2D eigenvalue weighted by Gasteiger charge is -2.14. The van der Waals surface area contributed by atoms with Crippen LogP contribution < -0.4 is 5.32 Å². The molecule has 1 nitrogen and oxygen atoms in total. The Morgan fingerprint density at radius 3 is 2.47 bits per heavy atom. The van der Waals surface area contributed by atoms with Crippen molar-refractivity contribution in [2.24, 2.45) is 0 Å². The molecule has 0 heterocycles. The molecule has 0 aromatic heterocycles. The molecule has 1 N–H and O–H groups in total. The maximum absolute atomic E-state index is 5.80. The smallest absolute Gasteiger partial charge is 0.0474 e. The highest BCUT2D eigenvalue weighted by atomic mass is 35.5. The Kier molecular flexibility index (Phi) is 5.74. The lowest BCUT2D eigenvalue weighted by molar-refractivity contribution is 0.484. The first-order valence-electron chi connectivity index (χ1n) is 5.67. The summed E-state index contributed by atoms with van der Waals surface area (Å²) in [5.41, 5.74) is 2.51. The SMILES string of the molecule is CCC(CC)NCc1cccc(CCl)c1. The summed E-state index contributed by atoms with van der Waals surface area (Å²) in [5, 5.41) is 3.54. The summed E-state index contributed by atoms with van der Waals surface area (Å²) < 4.78 is 0. The van der Waals surface area contributed by atoms with Crippen molar-refractivity contribution in [2.75, 3.05) is 0 Å². The lowest BCUT2D eigenvalue weighted by Crippen LogP contribution is -2.26. The molecule has 0 saturated carbocycles. The van der Waals surface area contributed by atoms with E-state index in [2.05, 4.69) is 43.4 Å². The number of hydrogen-bond acceptors (Lipinski definition) is 1. The number of hydrogen-bond donors (Lipinski definition) is 1. The van der Waals surface area contributed by atoms with Crippen molar-refractivity contribution in [1.29, 1.82) is 0 Å². The van der Waals surface area contributed by atoms with Gasteiger partial charge in [0.05, 0.1) is 0 Å². The zero-order chi connectivity index (χ0) is 11.1. The third-order valence-electron chi connectivity index (χ3n) is 2.73. The molecule has 0 aliphatic carbocycles. The fourth-order valence-electron chi connectivity index (χ4n) is 1.66. The molecule has 1 aromatic rings. The number of benzene rings is 1. The van der Waals surface area contributed by atoms with Gasteiger partial charge in [-0.05, 0) is 24.0 Å². The predicted octanol–water partition coefficient (Wildman–Crippen LogP) is 3.70. The molecule has 0 saturated heterocycles. The van der Waals surface area contributed by atoms with Crippen molar-refractivity contribution in [3.63, 3.8) is 0 Å². The number of alkyl halides is 1. The van der Waals surface area contributed by atoms with E-state index >= 15 is 0 Å². The van der Waals surface area contributed by atoms with Crippen LogP contribution in [0.5, 0.6) is 0 Å². The van der Waals surface area contributed by atoms with E-state index in [1.165, 1.54) is 24.0 Å². The topological polar surface area (TPSA) is 12.0 Å². The average molecular weight is 226 g/mol. The third-order valence-corrected chi connectivity index (χ3v) is 3.03. The molecule has 0 fully saturated rings. The van der Waals surface area contributed by atoms with Gasteiger partial charge in [-0.3, -0.25) is 0 Å². The van der Waals surface area contributed by atoms with Gasteiger partial charge >= 0.3 is 0 Å². The predicted molar refractivity (Wildman–Crippen MR) is 67.2 cm³/mol. The van der Waals surface area contributed by atoms with Gasteiger partial charge in [-0.25, -0.2) is 0 Å². The van der Waals surface area contributed by atoms with Gasteiger partial charge in [-0.15, -0.1) is 11.6 Å². The highest BCUT2D eigenvalue weighted by Gasteiger charge is 2.02. The Hall–Kier alpha value is -0.530.